The summed E-state index contributed by atoms with van der Waals surface area (Å²) in [6.07, 6.45) is 3.13. The van der Waals surface area contributed by atoms with Crippen molar-refractivity contribution < 1.29 is 10.2 Å². The number of pyridine rings is 1. The number of aliphatic hydroxyl groups excluding tert-OH is 2. The van der Waals surface area contributed by atoms with Gasteiger partial charge < -0.3 is 20.8 Å². The van der Waals surface area contributed by atoms with E-state index in [0.717, 1.165) is 15.5 Å². The Balaban J connectivity index is 1.90. The summed E-state index contributed by atoms with van der Waals surface area (Å²) in [4.78, 5) is 12.8. The topological polar surface area (TPSA) is 103 Å². The van der Waals surface area contributed by atoms with Gasteiger partial charge in [0.15, 0.2) is 0 Å². The fourth-order valence-corrected chi connectivity index (χ4v) is 2.59. The number of halogens is 1. The lowest BCUT2D eigenvalue weighted by molar-refractivity contribution is 0.203. The predicted octanol–water partition coefficient (Wildman–Crippen LogP) is 2.30. The lowest BCUT2D eigenvalue weighted by atomic mass is 10.2. The molecule has 8 heteroatoms. The van der Waals surface area contributed by atoms with Crippen molar-refractivity contribution in [3.05, 3.63) is 47.3 Å². The van der Waals surface area contributed by atoms with Crippen LogP contribution in [0.15, 0.2) is 47.3 Å². The summed E-state index contributed by atoms with van der Waals surface area (Å²) in [7, 11) is 0. The number of hydrogen-bond acceptors (Lipinski definition) is 7. The molecule has 0 saturated heterocycles. The molecule has 0 amide bonds. The smallest absolute Gasteiger partial charge is 0.143 e. The Morgan fingerprint density at radius 2 is 1.92 bits per heavy atom. The summed E-state index contributed by atoms with van der Waals surface area (Å²) >= 11 is 3.44. The maximum absolute atomic E-state index is 9.14. The number of fused-ring (bicyclic) bond motifs is 1. The summed E-state index contributed by atoms with van der Waals surface area (Å²) in [5, 5.41) is 25.3. The molecular weight excluding hydrogens is 374 g/mol. The fraction of sp³-hybridized carbons (Fsp3) is 0.188. The molecule has 0 bridgehead atoms. The van der Waals surface area contributed by atoms with Crippen LogP contribution < -0.4 is 10.6 Å². The highest BCUT2D eigenvalue weighted by Crippen LogP contribution is 2.25. The van der Waals surface area contributed by atoms with Gasteiger partial charge in [-0.1, -0.05) is 22.0 Å². The molecule has 2 heterocycles. The van der Waals surface area contributed by atoms with Crippen molar-refractivity contribution in [3.63, 3.8) is 0 Å². The predicted molar refractivity (Wildman–Crippen MR) is 96.3 cm³/mol. The first-order valence-electron chi connectivity index (χ1n) is 7.31. The molecule has 0 aliphatic rings. The molecule has 0 fully saturated rings. The van der Waals surface area contributed by atoms with E-state index in [1.165, 1.54) is 6.33 Å². The van der Waals surface area contributed by atoms with E-state index < -0.39 is 6.04 Å². The molecule has 3 aromatic rings. The highest BCUT2D eigenvalue weighted by atomic mass is 79.9. The normalized spacial score (nSPS) is 11.0. The van der Waals surface area contributed by atoms with Gasteiger partial charge in [-0.25, -0.2) is 15.0 Å². The van der Waals surface area contributed by atoms with Crippen molar-refractivity contribution in [2.75, 3.05) is 23.8 Å². The van der Waals surface area contributed by atoms with Crippen molar-refractivity contribution >= 4 is 44.2 Å². The van der Waals surface area contributed by atoms with Crippen LogP contribution in [0.4, 0.5) is 17.3 Å². The quantitative estimate of drug-likeness (QED) is 0.512. The number of hydrogen-bond donors (Lipinski definition) is 4. The third-order valence-corrected chi connectivity index (χ3v) is 3.89. The first kappa shape index (κ1) is 16.6. The average molecular weight is 390 g/mol. The molecule has 0 atom stereocenters. The molecule has 0 spiro atoms. The summed E-state index contributed by atoms with van der Waals surface area (Å²) in [5.41, 5.74) is 1.60. The van der Waals surface area contributed by atoms with Gasteiger partial charge in [0.2, 0.25) is 0 Å². The van der Waals surface area contributed by atoms with Gasteiger partial charge in [-0.05, 0) is 18.2 Å². The van der Waals surface area contributed by atoms with E-state index in [9.17, 15) is 0 Å². The van der Waals surface area contributed by atoms with Gasteiger partial charge >= 0.3 is 0 Å². The second-order valence-electron chi connectivity index (χ2n) is 5.15. The zero-order valence-electron chi connectivity index (χ0n) is 12.6. The average Bonchev–Trinajstić information content (AvgIpc) is 2.60. The number of aromatic nitrogens is 3. The van der Waals surface area contributed by atoms with Crippen molar-refractivity contribution in [1.29, 1.82) is 0 Å². The Kier molecular flexibility index (Phi) is 5.19. The molecule has 0 aliphatic heterocycles. The van der Waals surface area contributed by atoms with Gasteiger partial charge in [0.05, 0.1) is 30.2 Å². The summed E-state index contributed by atoms with van der Waals surface area (Å²) in [6.45, 7) is -0.370. The minimum Gasteiger partial charge on any atom is -0.394 e. The SMILES string of the molecule is OCC(CO)Nc1cc2ncnc(Nc3cccc(Br)c3)c2cn1. The molecule has 24 heavy (non-hydrogen) atoms. The number of nitrogens with zero attached hydrogens (tertiary/aromatic N) is 3. The first-order chi connectivity index (χ1) is 11.7. The summed E-state index contributed by atoms with van der Waals surface area (Å²) in [6, 6.07) is 9.05. The molecule has 4 N–H and O–H groups in total. The van der Waals surface area contributed by atoms with Gasteiger partial charge in [0.1, 0.15) is 18.0 Å². The van der Waals surface area contributed by atoms with Crippen LogP contribution in [0.5, 0.6) is 0 Å². The molecule has 7 nitrogen and oxygen atoms in total. The van der Waals surface area contributed by atoms with Crippen molar-refractivity contribution in [2.45, 2.75) is 6.04 Å². The molecule has 0 aliphatic carbocycles. The van der Waals surface area contributed by atoms with Gasteiger partial charge in [-0.15, -0.1) is 0 Å². The number of benzene rings is 1. The molecule has 124 valence electrons. The number of rotatable bonds is 6. The van der Waals surface area contributed by atoms with Crippen molar-refractivity contribution in [1.82, 2.24) is 15.0 Å². The van der Waals surface area contributed by atoms with Crippen LogP contribution in [0.1, 0.15) is 0 Å². The van der Waals surface area contributed by atoms with Crippen molar-refractivity contribution in [2.24, 2.45) is 0 Å². The Morgan fingerprint density at radius 1 is 1.08 bits per heavy atom. The van der Waals surface area contributed by atoms with E-state index in [1.54, 1.807) is 12.3 Å². The van der Waals surface area contributed by atoms with Crippen LogP contribution in [0.25, 0.3) is 10.9 Å². The highest BCUT2D eigenvalue weighted by Gasteiger charge is 2.09. The Hall–Kier alpha value is -2.29. The van der Waals surface area contributed by atoms with E-state index in [2.05, 4.69) is 41.5 Å². The van der Waals surface area contributed by atoms with Crippen LogP contribution >= 0.6 is 15.9 Å². The van der Waals surface area contributed by atoms with Gasteiger partial charge in [-0.2, -0.15) is 0 Å². The highest BCUT2D eigenvalue weighted by molar-refractivity contribution is 9.10. The molecule has 3 rings (SSSR count). The van der Waals surface area contributed by atoms with Gasteiger partial charge in [-0.3, -0.25) is 0 Å². The maximum atomic E-state index is 9.14. The van der Waals surface area contributed by atoms with Gasteiger partial charge in [0.25, 0.3) is 0 Å². The molecule has 0 saturated carbocycles. The Morgan fingerprint density at radius 3 is 2.67 bits per heavy atom. The lowest BCUT2D eigenvalue weighted by Crippen LogP contribution is -2.28. The van der Waals surface area contributed by atoms with Gasteiger partial charge in [0, 0.05) is 22.4 Å². The molecule has 1 aromatic carbocycles. The van der Waals surface area contributed by atoms with E-state index in [1.807, 2.05) is 24.3 Å². The van der Waals surface area contributed by atoms with E-state index in [4.69, 9.17) is 10.2 Å². The van der Waals surface area contributed by atoms with Crippen LogP contribution in [0.2, 0.25) is 0 Å². The Labute approximate surface area is 146 Å². The number of nitrogens with one attached hydrogen (secondary N) is 2. The van der Waals surface area contributed by atoms with E-state index in [0.29, 0.717) is 17.2 Å². The second kappa shape index (κ2) is 7.52. The third-order valence-electron chi connectivity index (χ3n) is 3.40. The molecule has 2 aromatic heterocycles. The monoisotopic (exact) mass is 389 g/mol. The number of aliphatic hydroxyl groups is 2. The van der Waals surface area contributed by atoms with E-state index in [-0.39, 0.29) is 13.2 Å². The number of anilines is 3. The summed E-state index contributed by atoms with van der Waals surface area (Å²) in [5.74, 6) is 1.18. The zero-order chi connectivity index (χ0) is 16.9. The van der Waals surface area contributed by atoms with Crippen LogP contribution in [-0.4, -0.2) is 44.4 Å². The molecule has 0 radical (unpaired) electrons. The summed E-state index contributed by atoms with van der Waals surface area (Å²) < 4.78 is 0.967. The second-order valence-corrected chi connectivity index (χ2v) is 6.07. The van der Waals surface area contributed by atoms with Crippen LogP contribution in [0.3, 0.4) is 0 Å². The minimum atomic E-state index is -0.462. The van der Waals surface area contributed by atoms with E-state index >= 15 is 0 Å². The Bertz CT molecular complexity index is 842. The lowest BCUT2D eigenvalue weighted by Gasteiger charge is -2.14. The molecular formula is C16H16BrN5O2. The fourth-order valence-electron chi connectivity index (χ4n) is 2.19. The van der Waals surface area contributed by atoms with Crippen LogP contribution in [-0.2, 0) is 0 Å². The first-order valence-corrected chi connectivity index (χ1v) is 8.10. The van der Waals surface area contributed by atoms with Crippen LogP contribution in [0, 0.1) is 0 Å². The molecule has 0 unspecified atom stereocenters. The minimum absolute atomic E-state index is 0.185. The van der Waals surface area contributed by atoms with Crippen molar-refractivity contribution in [3.8, 4) is 0 Å². The largest absolute Gasteiger partial charge is 0.394 e. The maximum Gasteiger partial charge on any atom is 0.143 e. The standard InChI is InChI=1S/C16H16BrN5O2/c17-10-2-1-3-11(4-10)22-16-13-6-18-15(21-12(7-23)8-24)5-14(13)19-9-20-16/h1-6,9,12,23-24H,7-8H2,(H,18,21)(H,19,20,22). The zero-order valence-corrected chi connectivity index (χ0v) is 14.2. The third kappa shape index (κ3) is 3.78.